The van der Waals surface area contributed by atoms with Crippen molar-refractivity contribution in [1.29, 1.82) is 0 Å². The molecule has 0 atom stereocenters. The predicted molar refractivity (Wildman–Crippen MR) is 69.3 cm³/mol. The first-order valence-electron chi connectivity index (χ1n) is 6.30. The van der Waals surface area contributed by atoms with E-state index in [1.165, 1.54) is 30.3 Å². The topological polar surface area (TPSA) is 34.0 Å². The van der Waals surface area contributed by atoms with Gasteiger partial charge in [0.15, 0.2) is 5.65 Å². The first-order chi connectivity index (χ1) is 8.25. The van der Waals surface area contributed by atoms with Gasteiger partial charge in [0.25, 0.3) is 0 Å². The van der Waals surface area contributed by atoms with Crippen molar-refractivity contribution in [2.45, 2.75) is 26.2 Å². The van der Waals surface area contributed by atoms with Crippen molar-refractivity contribution in [2.24, 2.45) is 7.05 Å². The second-order valence-corrected chi connectivity index (χ2v) is 4.84. The van der Waals surface area contributed by atoms with E-state index in [-0.39, 0.29) is 0 Å². The minimum absolute atomic E-state index is 0.991. The van der Waals surface area contributed by atoms with Gasteiger partial charge in [-0.1, -0.05) is 0 Å². The molecule has 0 radical (unpaired) electrons. The third-order valence-corrected chi connectivity index (χ3v) is 3.51. The number of hydrogen-bond acceptors (Lipinski definition) is 3. The molecule has 1 fully saturated rings. The quantitative estimate of drug-likeness (QED) is 0.753. The second kappa shape index (κ2) is 4.02. The number of hydrogen-bond donors (Lipinski definition) is 0. The van der Waals surface area contributed by atoms with Crippen LogP contribution in [0.1, 0.15) is 25.0 Å². The Labute approximate surface area is 101 Å². The minimum atomic E-state index is 0.991. The molecule has 4 nitrogen and oxygen atoms in total. The number of aryl methyl sites for hydroxylation is 2. The van der Waals surface area contributed by atoms with Gasteiger partial charge >= 0.3 is 0 Å². The Kier molecular flexibility index (Phi) is 2.50. The average molecular weight is 230 g/mol. The molecule has 17 heavy (non-hydrogen) atoms. The molecule has 0 spiro atoms. The molecule has 0 unspecified atom stereocenters. The summed E-state index contributed by atoms with van der Waals surface area (Å²) in [5, 5.41) is 5.50. The molecule has 0 aliphatic carbocycles. The van der Waals surface area contributed by atoms with E-state index in [2.05, 4.69) is 28.0 Å². The smallest absolute Gasteiger partial charge is 0.159 e. The van der Waals surface area contributed by atoms with Crippen LogP contribution in [0, 0.1) is 6.92 Å². The largest absolute Gasteiger partial charge is 0.371 e. The number of rotatable bonds is 1. The summed E-state index contributed by atoms with van der Waals surface area (Å²) in [5.74, 6) is 0. The summed E-state index contributed by atoms with van der Waals surface area (Å²) in [5.41, 5.74) is 3.37. The van der Waals surface area contributed by atoms with Crippen LogP contribution in [0.15, 0.2) is 12.3 Å². The normalized spacial score (nSPS) is 16.7. The van der Waals surface area contributed by atoms with Crippen molar-refractivity contribution < 1.29 is 0 Å². The van der Waals surface area contributed by atoms with Gasteiger partial charge in [0, 0.05) is 25.8 Å². The van der Waals surface area contributed by atoms with Gasteiger partial charge in [0.2, 0.25) is 0 Å². The van der Waals surface area contributed by atoms with E-state index in [4.69, 9.17) is 0 Å². The Hall–Kier alpha value is -1.58. The van der Waals surface area contributed by atoms with Crippen molar-refractivity contribution in [3.63, 3.8) is 0 Å². The number of aromatic nitrogens is 3. The highest BCUT2D eigenvalue weighted by molar-refractivity contribution is 5.89. The molecule has 2 aromatic heterocycles. The van der Waals surface area contributed by atoms with Gasteiger partial charge in [0.05, 0.1) is 17.3 Å². The van der Waals surface area contributed by atoms with E-state index in [9.17, 15) is 0 Å². The number of anilines is 1. The number of pyridine rings is 1. The van der Waals surface area contributed by atoms with E-state index in [0.717, 1.165) is 24.4 Å². The fourth-order valence-corrected chi connectivity index (χ4v) is 2.62. The molecule has 0 amide bonds. The van der Waals surface area contributed by atoms with Crippen LogP contribution in [0.25, 0.3) is 11.0 Å². The zero-order chi connectivity index (χ0) is 11.8. The number of fused-ring (bicyclic) bond motifs is 1. The molecule has 3 heterocycles. The highest BCUT2D eigenvalue weighted by Crippen LogP contribution is 2.28. The molecular formula is C13H18N4. The van der Waals surface area contributed by atoms with Crippen LogP contribution in [-0.4, -0.2) is 27.9 Å². The Balaban J connectivity index is 2.13. The van der Waals surface area contributed by atoms with Gasteiger partial charge in [-0.05, 0) is 32.3 Å². The van der Waals surface area contributed by atoms with Gasteiger partial charge in [-0.25, -0.2) is 4.98 Å². The van der Waals surface area contributed by atoms with E-state index >= 15 is 0 Å². The molecule has 0 N–H and O–H groups in total. The first-order valence-corrected chi connectivity index (χ1v) is 6.30. The van der Waals surface area contributed by atoms with E-state index in [1.807, 2.05) is 17.9 Å². The Morgan fingerprint density at radius 3 is 2.71 bits per heavy atom. The lowest BCUT2D eigenvalue weighted by Crippen LogP contribution is -2.29. The third-order valence-electron chi connectivity index (χ3n) is 3.51. The molecule has 0 aromatic carbocycles. The predicted octanol–water partition coefficient (Wildman–Crippen LogP) is 2.27. The summed E-state index contributed by atoms with van der Waals surface area (Å²) in [6, 6.07) is 2.19. The molecule has 1 aliphatic rings. The van der Waals surface area contributed by atoms with Crippen LogP contribution >= 0.6 is 0 Å². The summed E-state index contributed by atoms with van der Waals surface area (Å²) >= 11 is 0. The molecule has 2 aromatic rings. The molecule has 3 rings (SSSR count). The molecule has 0 bridgehead atoms. The Bertz CT molecular complexity index is 538. The van der Waals surface area contributed by atoms with Gasteiger partial charge in [0.1, 0.15) is 0 Å². The summed E-state index contributed by atoms with van der Waals surface area (Å²) in [6.07, 6.45) is 5.88. The lowest BCUT2D eigenvalue weighted by atomic mass is 10.1. The van der Waals surface area contributed by atoms with Crippen molar-refractivity contribution in [3.05, 3.63) is 18.0 Å². The number of nitrogens with zero attached hydrogens (tertiary/aromatic N) is 4. The van der Waals surface area contributed by atoms with Gasteiger partial charge in [-0.3, -0.25) is 4.68 Å². The fraction of sp³-hybridized carbons (Fsp3) is 0.538. The first kappa shape index (κ1) is 10.6. The maximum atomic E-state index is 4.56. The van der Waals surface area contributed by atoms with Gasteiger partial charge < -0.3 is 4.90 Å². The second-order valence-electron chi connectivity index (χ2n) is 4.84. The maximum absolute atomic E-state index is 4.56. The molecule has 90 valence electrons. The SMILES string of the molecule is Cc1cc(N2CCCCC2)c2cnn(C)c2n1. The lowest BCUT2D eigenvalue weighted by Gasteiger charge is -2.29. The summed E-state index contributed by atoms with van der Waals surface area (Å²) in [4.78, 5) is 7.04. The van der Waals surface area contributed by atoms with Crippen molar-refractivity contribution in [2.75, 3.05) is 18.0 Å². The zero-order valence-electron chi connectivity index (χ0n) is 10.5. The standard InChI is InChI=1S/C13H18N4/c1-10-8-12(17-6-4-3-5-7-17)11-9-14-16(2)13(11)15-10/h8-9H,3-7H2,1-2H3. The van der Waals surface area contributed by atoms with Crippen LogP contribution < -0.4 is 4.90 Å². The Morgan fingerprint density at radius 1 is 1.18 bits per heavy atom. The summed E-state index contributed by atoms with van der Waals surface area (Å²) in [7, 11) is 1.95. The maximum Gasteiger partial charge on any atom is 0.159 e. The fourth-order valence-electron chi connectivity index (χ4n) is 2.62. The average Bonchev–Trinajstić information content (AvgIpc) is 2.72. The van der Waals surface area contributed by atoms with Crippen LogP contribution in [0.2, 0.25) is 0 Å². The van der Waals surface area contributed by atoms with Crippen molar-refractivity contribution >= 4 is 16.7 Å². The highest BCUT2D eigenvalue weighted by Gasteiger charge is 2.16. The summed E-state index contributed by atoms with van der Waals surface area (Å²) in [6.45, 7) is 4.38. The molecule has 4 heteroatoms. The van der Waals surface area contributed by atoms with Crippen molar-refractivity contribution in [1.82, 2.24) is 14.8 Å². The Morgan fingerprint density at radius 2 is 1.94 bits per heavy atom. The number of piperidine rings is 1. The summed E-state index contributed by atoms with van der Waals surface area (Å²) < 4.78 is 1.86. The van der Waals surface area contributed by atoms with Crippen molar-refractivity contribution in [3.8, 4) is 0 Å². The molecule has 1 aliphatic heterocycles. The molecular weight excluding hydrogens is 212 g/mol. The van der Waals surface area contributed by atoms with Crippen LogP contribution in [-0.2, 0) is 7.05 Å². The highest BCUT2D eigenvalue weighted by atomic mass is 15.3. The zero-order valence-corrected chi connectivity index (χ0v) is 10.5. The van der Waals surface area contributed by atoms with Crippen LogP contribution in [0.3, 0.4) is 0 Å². The minimum Gasteiger partial charge on any atom is -0.371 e. The monoisotopic (exact) mass is 230 g/mol. The van der Waals surface area contributed by atoms with E-state index < -0.39 is 0 Å². The van der Waals surface area contributed by atoms with E-state index in [0.29, 0.717) is 0 Å². The third kappa shape index (κ3) is 1.77. The lowest BCUT2D eigenvalue weighted by molar-refractivity contribution is 0.579. The van der Waals surface area contributed by atoms with Gasteiger partial charge in [-0.2, -0.15) is 5.10 Å². The van der Waals surface area contributed by atoms with Crippen LogP contribution in [0.5, 0.6) is 0 Å². The van der Waals surface area contributed by atoms with E-state index in [1.54, 1.807) is 0 Å². The molecule has 1 saturated heterocycles. The molecule has 0 saturated carbocycles. The van der Waals surface area contributed by atoms with Crippen LogP contribution in [0.4, 0.5) is 5.69 Å². The van der Waals surface area contributed by atoms with Gasteiger partial charge in [-0.15, -0.1) is 0 Å².